The first-order valence-corrected chi connectivity index (χ1v) is 8.82. The molecule has 0 bridgehead atoms. The second-order valence-electron chi connectivity index (χ2n) is 5.73. The highest BCUT2D eigenvalue weighted by Gasteiger charge is 2.22. The molecule has 6 nitrogen and oxygen atoms in total. The first-order chi connectivity index (χ1) is 12.5. The van der Waals surface area contributed by atoms with Gasteiger partial charge in [0, 0.05) is 17.4 Å². The molecular formula is C19H18N2O4S. The third kappa shape index (κ3) is 3.83. The second-order valence-corrected chi connectivity index (χ2v) is 6.95. The van der Waals surface area contributed by atoms with Crippen molar-refractivity contribution in [2.75, 3.05) is 5.32 Å². The van der Waals surface area contributed by atoms with Crippen LogP contribution >= 0.6 is 11.3 Å². The van der Waals surface area contributed by atoms with Gasteiger partial charge in [-0.25, -0.2) is 9.78 Å². The van der Waals surface area contributed by atoms with Crippen molar-refractivity contribution in [3.8, 4) is 11.3 Å². The summed E-state index contributed by atoms with van der Waals surface area (Å²) in [6.07, 6.45) is 1.60. The normalized spacial score (nSPS) is 10.6. The Morgan fingerprint density at radius 1 is 1.23 bits per heavy atom. The van der Waals surface area contributed by atoms with Gasteiger partial charge in [0.2, 0.25) is 11.8 Å². The summed E-state index contributed by atoms with van der Waals surface area (Å²) >= 11 is 1.35. The molecule has 1 aromatic carbocycles. The van der Waals surface area contributed by atoms with E-state index in [1.165, 1.54) is 18.3 Å². The maximum Gasteiger partial charge on any atom is 0.341 e. The number of carbonyl (C=O) groups is 2. The van der Waals surface area contributed by atoms with Crippen molar-refractivity contribution < 1.29 is 18.7 Å². The minimum absolute atomic E-state index is 0.0838. The van der Waals surface area contributed by atoms with Gasteiger partial charge < -0.3 is 14.5 Å². The summed E-state index contributed by atoms with van der Waals surface area (Å²) in [6.45, 7) is 5.03. The Labute approximate surface area is 154 Å². The summed E-state index contributed by atoms with van der Waals surface area (Å²) in [5.74, 6) is 0.164. The highest BCUT2D eigenvalue weighted by Crippen LogP contribution is 2.33. The Morgan fingerprint density at radius 2 is 1.96 bits per heavy atom. The van der Waals surface area contributed by atoms with Crippen LogP contribution in [-0.2, 0) is 16.1 Å². The number of hydrogen-bond donors (Lipinski definition) is 1. The van der Waals surface area contributed by atoms with E-state index in [0.29, 0.717) is 22.2 Å². The summed E-state index contributed by atoms with van der Waals surface area (Å²) in [6, 6.07) is 9.55. The van der Waals surface area contributed by atoms with E-state index in [1.807, 2.05) is 44.2 Å². The van der Waals surface area contributed by atoms with Gasteiger partial charge in [-0.1, -0.05) is 30.3 Å². The molecule has 0 atom stereocenters. The lowest BCUT2D eigenvalue weighted by Crippen LogP contribution is -2.12. The largest absolute Gasteiger partial charge is 0.452 e. The molecular weight excluding hydrogens is 352 g/mol. The van der Waals surface area contributed by atoms with E-state index >= 15 is 0 Å². The number of aryl methyl sites for hydroxylation is 1. The first-order valence-electron chi connectivity index (χ1n) is 8.00. The zero-order valence-electron chi connectivity index (χ0n) is 14.7. The van der Waals surface area contributed by atoms with Crippen LogP contribution in [0.25, 0.3) is 11.3 Å². The maximum atomic E-state index is 12.5. The molecule has 7 heteroatoms. The molecule has 2 heterocycles. The van der Waals surface area contributed by atoms with Crippen molar-refractivity contribution in [3.05, 3.63) is 58.4 Å². The van der Waals surface area contributed by atoms with Gasteiger partial charge in [0.05, 0.1) is 11.8 Å². The molecule has 0 unspecified atom stereocenters. The Hall–Kier alpha value is -2.93. The van der Waals surface area contributed by atoms with Crippen LogP contribution in [0, 0.1) is 13.8 Å². The molecule has 0 aliphatic carbocycles. The Bertz CT molecular complexity index is 944. The smallest absolute Gasteiger partial charge is 0.341 e. The minimum atomic E-state index is -0.518. The summed E-state index contributed by atoms with van der Waals surface area (Å²) in [7, 11) is 0. The van der Waals surface area contributed by atoms with Crippen molar-refractivity contribution in [1.29, 1.82) is 0 Å². The standard InChI is InChI=1S/C19H18N2O4S/c1-11-12(2)26-18(21-13(3)22)17(11)19(23)24-10-16-20-9-15(25-16)14-7-5-4-6-8-14/h4-9H,10H2,1-3H3,(H,21,22). The van der Waals surface area contributed by atoms with Gasteiger partial charge in [-0.15, -0.1) is 11.3 Å². The third-order valence-electron chi connectivity index (χ3n) is 3.82. The van der Waals surface area contributed by atoms with Gasteiger partial charge in [0.25, 0.3) is 0 Å². The number of carbonyl (C=O) groups excluding carboxylic acids is 2. The van der Waals surface area contributed by atoms with Crippen molar-refractivity contribution in [2.45, 2.75) is 27.4 Å². The van der Waals surface area contributed by atoms with Gasteiger partial charge in [-0.3, -0.25) is 4.79 Å². The van der Waals surface area contributed by atoms with Crippen LogP contribution in [0.2, 0.25) is 0 Å². The fraction of sp³-hybridized carbons (Fsp3) is 0.211. The van der Waals surface area contributed by atoms with Crippen molar-refractivity contribution in [1.82, 2.24) is 4.98 Å². The zero-order valence-corrected chi connectivity index (χ0v) is 15.5. The summed E-state index contributed by atoms with van der Waals surface area (Å²) in [5.41, 5.74) is 2.06. The van der Waals surface area contributed by atoms with Crippen LogP contribution in [0.1, 0.15) is 33.6 Å². The number of anilines is 1. The molecule has 3 rings (SSSR count). The maximum absolute atomic E-state index is 12.5. The second kappa shape index (κ2) is 7.53. The third-order valence-corrected chi connectivity index (χ3v) is 4.94. The molecule has 2 aromatic heterocycles. The number of benzene rings is 1. The Balaban J connectivity index is 1.72. The van der Waals surface area contributed by atoms with Crippen molar-refractivity contribution in [3.63, 3.8) is 0 Å². The highest BCUT2D eigenvalue weighted by atomic mass is 32.1. The van der Waals surface area contributed by atoms with Gasteiger partial charge in [0.15, 0.2) is 12.4 Å². The Morgan fingerprint density at radius 3 is 2.65 bits per heavy atom. The van der Waals surface area contributed by atoms with E-state index in [2.05, 4.69) is 10.3 Å². The number of hydrogen-bond acceptors (Lipinski definition) is 6. The van der Waals surface area contributed by atoms with Crippen molar-refractivity contribution >= 4 is 28.2 Å². The van der Waals surface area contributed by atoms with Crippen LogP contribution in [0.5, 0.6) is 0 Å². The topological polar surface area (TPSA) is 81.4 Å². The predicted molar refractivity (Wildman–Crippen MR) is 99.2 cm³/mol. The number of amides is 1. The van der Waals surface area contributed by atoms with Crippen molar-refractivity contribution in [2.24, 2.45) is 0 Å². The molecule has 0 fully saturated rings. The monoisotopic (exact) mass is 370 g/mol. The average molecular weight is 370 g/mol. The van der Waals surface area contributed by atoms with E-state index in [9.17, 15) is 9.59 Å². The Kier molecular flexibility index (Phi) is 5.18. The fourth-order valence-corrected chi connectivity index (χ4v) is 3.53. The predicted octanol–water partition coefficient (Wildman–Crippen LogP) is 4.34. The zero-order chi connectivity index (χ0) is 18.7. The SMILES string of the molecule is CC(=O)Nc1sc(C)c(C)c1C(=O)OCc1ncc(-c2ccccc2)o1. The summed E-state index contributed by atoms with van der Waals surface area (Å²) in [5, 5.41) is 3.17. The number of aromatic nitrogens is 1. The van der Waals surface area contributed by atoms with Gasteiger partial charge in [-0.2, -0.15) is 0 Å². The summed E-state index contributed by atoms with van der Waals surface area (Å²) < 4.78 is 11.0. The molecule has 0 saturated carbocycles. The van der Waals surface area contributed by atoms with Crippen LogP contribution < -0.4 is 5.32 Å². The molecule has 1 amide bonds. The number of esters is 1. The first kappa shape index (κ1) is 17.9. The van der Waals surface area contributed by atoms with E-state index in [-0.39, 0.29) is 12.5 Å². The molecule has 26 heavy (non-hydrogen) atoms. The number of nitrogens with one attached hydrogen (secondary N) is 1. The van der Waals surface area contributed by atoms with Crippen LogP contribution in [0.3, 0.4) is 0 Å². The van der Waals surface area contributed by atoms with Crippen LogP contribution in [0.4, 0.5) is 5.00 Å². The molecule has 1 N–H and O–H groups in total. The van der Waals surface area contributed by atoms with Gasteiger partial charge in [-0.05, 0) is 19.4 Å². The molecule has 0 spiro atoms. The lowest BCUT2D eigenvalue weighted by atomic mass is 10.1. The number of ether oxygens (including phenoxy) is 1. The van der Waals surface area contributed by atoms with E-state index in [4.69, 9.17) is 9.15 Å². The number of oxazole rings is 1. The van der Waals surface area contributed by atoms with Crippen LogP contribution in [0.15, 0.2) is 40.9 Å². The lowest BCUT2D eigenvalue weighted by molar-refractivity contribution is -0.114. The highest BCUT2D eigenvalue weighted by molar-refractivity contribution is 7.16. The van der Waals surface area contributed by atoms with Gasteiger partial charge >= 0.3 is 5.97 Å². The number of thiophene rings is 1. The molecule has 0 saturated heterocycles. The fourth-order valence-electron chi connectivity index (χ4n) is 2.43. The quantitative estimate of drug-likeness (QED) is 0.676. The molecule has 0 aliphatic rings. The molecule has 0 radical (unpaired) electrons. The number of nitrogens with zero attached hydrogens (tertiary/aromatic N) is 1. The summed E-state index contributed by atoms with van der Waals surface area (Å²) in [4.78, 5) is 28.9. The van der Waals surface area contributed by atoms with E-state index < -0.39 is 5.97 Å². The minimum Gasteiger partial charge on any atom is -0.452 e. The lowest BCUT2D eigenvalue weighted by Gasteiger charge is -2.06. The molecule has 134 valence electrons. The molecule has 3 aromatic rings. The van der Waals surface area contributed by atoms with E-state index in [0.717, 1.165) is 16.0 Å². The van der Waals surface area contributed by atoms with E-state index in [1.54, 1.807) is 6.20 Å². The molecule has 0 aliphatic heterocycles. The van der Waals surface area contributed by atoms with Gasteiger partial charge in [0.1, 0.15) is 5.00 Å². The van der Waals surface area contributed by atoms with Crippen LogP contribution in [-0.4, -0.2) is 16.9 Å². The number of rotatable bonds is 5. The average Bonchev–Trinajstić information content (AvgIpc) is 3.19.